The van der Waals surface area contributed by atoms with Gasteiger partial charge in [-0.05, 0) is 19.8 Å². The molecule has 1 fully saturated rings. The minimum absolute atomic E-state index is 0.00722. The average molecular weight is 206 g/mol. The summed E-state index contributed by atoms with van der Waals surface area (Å²) < 4.78 is 16.8. The highest BCUT2D eigenvalue weighted by atomic mass is 31.2. The summed E-state index contributed by atoms with van der Waals surface area (Å²) in [5, 5.41) is 0. The fourth-order valence-electron chi connectivity index (χ4n) is 1.81. The van der Waals surface area contributed by atoms with Crippen molar-refractivity contribution in [2.75, 3.05) is 13.0 Å². The van der Waals surface area contributed by atoms with Gasteiger partial charge in [-0.2, -0.15) is 0 Å². The van der Waals surface area contributed by atoms with Gasteiger partial charge in [0.05, 0.1) is 0 Å². The first-order valence-corrected chi connectivity index (χ1v) is 6.97. The second-order valence-electron chi connectivity index (χ2n) is 3.67. The van der Waals surface area contributed by atoms with E-state index in [0.717, 1.165) is 25.7 Å². The predicted octanol–water partition coefficient (Wildman–Crippen LogP) is 2.58. The number of hydrogen-bond acceptors (Lipinski definition) is 2. The first-order valence-electron chi connectivity index (χ1n) is 5.06. The predicted molar refractivity (Wildman–Crippen MR) is 53.2 cm³/mol. The SMILES string of the molecule is CCOCP(=O)(O)C1CCCCC1. The van der Waals surface area contributed by atoms with Crippen LogP contribution in [0.25, 0.3) is 0 Å². The molecule has 0 radical (unpaired) electrons. The first-order chi connectivity index (χ1) is 6.17. The molecule has 13 heavy (non-hydrogen) atoms. The molecule has 1 atom stereocenters. The quantitative estimate of drug-likeness (QED) is 0.719. The van der Waals surface area contributed by atoms with Crippen LogP contribution >= 0.6 is 7.37 Å². The molecule has 0 aromatic heterocycles. The highest BCUT2D eigenvalue weighted by Crippen LogP contribution is 2.51. The van der Waals surface area contributed by atoms with Gasteiger partial charge in [0.15, 0.2) is 0 Å². The van der Waals surface area contributed by atoms with E-state index in [4.69, 9.17) is 4.74 Å². The van der Waals surface area contributed by atoms with Gasteiger partial charge in [0.25, 0.3) is 0 Å². The van der Waals surface area contributed by atoms with E-state index in [1.165, 1.54) is 6.42 Å². The molecule has 0 aromatic rings. The van der Waals surface area contributed by atoms with Crippen molar-refractivity contribution in [3.63, 3.8) is 0 Å². The van der Waals surface area contributed by atoms with E-state index < -0.39 is 7.37 Å². The molecule has 1 N–H and O–H groups in total. The van der Waals surface area contributed by atoms with Crippen molar-refractivity contribution >= 4 is 7.37 Å². The van der Waals surface area contributed by atoms with Crippen LogP contribution in [0.15, 0.2) is 0 Å². The smallest absolute Gasteiger partial charge is 0.228 e. The van der Waals surface area contributed by atoms with Crippen molar-refractivity contribution in [1.82, 2.24) is 0 Å². The van der Waals surface area contributed by atoms with Crippen LogP contribution in [0.2, 0.25) is 0 Å². The number of rotatable bonds is 4. The Labute approximate surface area is 79.9 Å². The van der Waals surface area contributed by atoms with Gasteiger partial charge in [0, 0.05) is 12.3 Å². The van der Waals surface area contributed by atoms with Crippen LogP contribution in [-0.4, -0.2) is 23.5 Å². The molecule has 1 unspecified atom stereocenters. The van der Waals surface area contributed by atoms with Gasteiger partial charge >= 0.3 is 0 Å². The zero-order valence-electron chi connectivity index (χ0n) is 8.24. The summed E-state index contributed by atoms with van der Waals surface area (Å²) in [6.45, 7) is 2.37. The third-order valence-corrected chi connectivity index (χ3v) is 4.84. The molecular weight excluding hydrogens is 187 g/mol. The molecule has 1 rings (SSSR count). The molecule has 0 spiro atoms. The van der Waals surface area contributed by atoms with Crippen LogP contribution < -0.4 is 0 Å². The molecule has 1 aliphatic rings. The van der Waals surface area contributed by atoms with Crippen LogP contribution in [0, 0.1) is 0 Å². The summed E-state index contributed by atoms with van der Waals surface area (Å²) in [4.78, 5) is 9.70. The topological polar surface area (TPSA) is 46.5 Å². The normalized spacial score (nSPS) is 24.2. The molecule has 3 nitrogen and oxygen atoms in total. The van der Waals surface area contributed by atoms with Crippen molar-refractivity contribution in [3.05, 3.63) is 0 Å². The van der Waals surface area contributed by atoms with Crippen LogP contribution in [0.5, 0.6) is 0 Å². The van der Waals surface area contributed by atoms with Gasteiger partial charge in [-0.15, -0.1) is 0 Å². The van der Waals surface area contributed by atoms with E-state index in [2.05, 4.69) is 0 Å². The van der Waals surface area contributed by atoms with Gasteiger partial charge in [0.1, 0.15) is 6.35 Å². The lowest BCUT2D eigenvalue weighted by Crippen LogP contribution is -2.15. The van der Waals surface area contributed by atoms with Gasteiger partial charge in [0.2, 0.25) is 7.37 Å². The van der Waals surface area contributed by atoms with Crippen molar-refractivity contribution in [2.45, 2.75) is 44.7 Å². The molecule has 0 aliphatic heterocycles. The number of ether oxygens (including phenoxy) is 1. The Kier molecular flexibility index (Phi) is 4.43. The average Bonchev–Trinajstić information content (AvgIpc) is 2.16. The standard InChI is InChI=1S/C9H19O3P/c1-2-12-8-13(10,11)9-6-4-3-5-7-9/h9H,2-8H2,1H3,(H,10,11). The van der Waals surface area contributed by atoms with E-state index in [1.54, 1.807) is 0 Å². The van der Waals surface area contributed by atoms with Gasteiger partial charge in [-0.25, -0.2) is 0 Å². The third-order valence-electron chi connectivity index (χ3n) is 2.63. The van der Waals surface area contributed by atoms with Crippen LogP contribution in [0.1, 0.15) is 39.0 Å². The largest absolute Gasteiger partial charge is 0.372 e. The van der Waals surface area contributed by atoms with E-state index in [9.17, 15) is 9.46 Å². The second-order valence-corrected chi connectivity index (χ2v) is 6.17. The lowest BCUT2D eigenvalue weighted by atomic mass is 10.0. The summed E-state index contributed by atoms with van der Waals surface area (Å²) in [6, 6.07) is 0. The highest BCUT2D eigenvalue weighted by molar-refractivity contribution is 7.58. The summed E-state index contributed by atoms with van der Waals surface area (Å²) >= 11 is 0. The summed E-state index contributed by atoms with van der Waals surface area (Å²) in [6.07, 6.45) is 5.27. The summed E-state index contributed by atoms with van der Waals surface area (Å²) in [5.41, 5.74) is 0.00722. The van der Waals surface area contributed by atoms with Crippen molar-refractivity contribution in [2.24, 2.45) is 0 Å². The number of hydrogen-bond donors (Lipinski definition) is 1. The second kappa shape index (κ2) is 5.14. The maximum Gasteiger partial charge on any atom is 0.228 e. The minimum atomic E-state index is -3.01. The Hall–Kier alpha value is 0.150. The molecule has 0 bridgehead atoms. The molecule has 4 heteroatoms. The van der Waals surface area contributed by atoms with Crippen LogP contribution in [-0.2, 0) is 9.30 Å². The molecule has 0 amide bonds. The Bertz CT molecular complexity index is 187. The molecule has 0 saturated heterocycles. The molecule has 0 heterocycles. The molecule has 1 aliphatic carbocycles. The van der Waals surface area contributed by atoms with Crippen LogP contribution in [0.4, 0.5) is 0 Å². The maximum atomic E-state index is 11.8. The minimum Gasteiger partial charge on any atom is -0.372 e. The Balaban J connectivity index is 2.41. The fraction of sp³-hybridized carbons (Fsp3) is 1.00. The van der Waals surface area contributed by atoms with Crippen molar-refractivity contribution in [1.29, 1.82) is 0 Å². The van der Waals surface area contributed by atoms with Crippen molar-refractivity contribution < 1.29 is 14.2 Å². The monoisotopic (exact) mass is 206 g/mol. The van der Waals surface area contributed by atoms with E-state index >= 15 is 0 Å². The van der Waals surface area contributed by atoms with E-state index in [0.29, 0.717) is 6.61 Å². The van der Waals surface area contributed by atoms with Gasteiger partial charge < -0.3 is 9.63 Å². The zero-order chi connectivity index (χ0) is 9.73. The summed E-state index contributed by atoms with van der Waals surface area (Å²) in [5.74, 6) is 0. The summed E-state index contributed by atoms with van der Waals surface area (Å²) in [7, 11) is -3.01. The Morgan fingerprint density at radius 1 is 1.38 bits per heavy atom. The van der Waals surface area contributed by atoms with E-state index in [1.807, 2.05) is 6.92 Å². The third kappa shape index (κ3) is 3.41. The molecule has 78 valence electrons. The lowest BCUT2D eigenvalue weighted by Gasteiger charge is -2.26. The Morgan fingerprint density at radius 3 is 2.54 bits per heavy atom. The lowest BCUT2D eigenvalue weighted by molar-refractivity contribution is 0.181. The van der Waals surface area contributed by atoms with Gasteiger partial charge in [-0.1, -0.05) is 19.3 Å². The molecule has 0 aromatic carbocycles. The Morgan fingerprint density at radius 2 is 2.00 bits per heavy atom. The van der Waals surface area contributed by atoms with E-state index in [-0.39, 0.29) is 12.0 Å². The highest BCUT2D eigenvalue weighted by Gasteiger charge is 2.31. The van der Waals surface area contributed by atoms with Gasteiger partial charge in [-0.3, -0.25) is 4.57 Å². The molecule has 1 saturated carbocycles. The van der Waals surface area contributed by atoms with Crippen LogP contribution in [0.3, 0.4) is 0 Å². The fourth-order valence-corrected chi connectivity index (χ4v) is 3.64. The maximum absolute atomic E-state index is 11.8. The molecular formula is C9H19O3P. The first kappa shape index (κ1) is 11.2. The zero-order valence-corrected chi connectivity index (χ0v) is 9.13. The van der Waals surface area contributed by atoms with Crippen molar-refractivity contribution in [3.8, 4) is 0 Å².